The lowest BCUT2D eigenvalue weighted by Gasteiger charge is -2.19. The molecule has 19 heavy (non-hydrogen) atoms. The lowest BCUT2D eigenvalue weighted by molar-refractivity contribution is 0.0657. The molecular weight excluding hydrogens is 242 g/mol. The van der Waals surface area contributed by atoms with E-state index in [2.05, 4.69) is 16.8 Å². The molecule has 5 heteroatoms. The molecule has 102 valence electrons. The van der Waals surface area contributed by atoms with E-state index in [4.69, 9.17) is 14.9 Å². The van der Waals surface area contributed by atoms with Crippen molar-refractivity contribution in [2.75, 3.05) is 25.4 Å². The minimum atomic E-state index is 0.266. The van der Waals surface area contributed by atoms with E-state index in [-0.39, 0.29) is 6.10 Å². The van der Waals surface area contributed by atoms with Crippen molar-refractivity contribution in [3.05, 3.63) is 24.1 Å². The van der Waals surface area contributed by atoms with Crippen LogP contribution in [0.15, 0.2) is 22.6 Å². The second kappa shape index (κ2) is 5.19. The summed E-state index contributed by atoms with van der Waals surface area (Å²) in [5.41, 5.74) is 8.07. The van der Waals surface area contributed by atoms with Gasteiger partial charge >= 0.3 is 0 Å². The van der Waals surface area contributed by atoms with E-state index in [1.807, 2.05) is 18.2 Å². The first kappa shape index (κ1) is 12.4. The van der Waals surface area contributed by atoms with Crippen molar-refractivity contribution in [1.82, 2.24) is 9.88 Å². The van der Waals surface area contributed by atoms with E-state index < -0.39 is 0 Å². The van der Waals surface area contributed by atoms with Gasteiger partial charge in [0.2, 0.25) is 5.89 Å². The van der Waals surface area contributed by atoms with Crippen LogP contribution < -0.4 is 5.73 Å². The van der Waals surface area contributed by atoms with Gasteiger partial charge in [0, 0.05) is 31.5 Å². The van der Waals surface area contributed by atoms with E-state index in [9.17, 15) is 0 Å². The molecule has 5 nitrogen and oxygen atoms in total. The second-order valence-corrected chi connectivity index (χ2v) is 5.10. The van der Waals surface area contributed by atoms with Crippen LogP contribution in [0.2, 0.25) is 0 Å². The summed E-state index contributed by atoms with van der Waals surface area (Å²) in [5, 5.41) is 0. The highest BCUT2D eigenvalue weighted by Crippen LogP contribution is 2.20. The highest BCUT2D eigenvalue weighted by atomic mass is 16.5. The molecule has 2 heterocycles. The molecule has 1 aromatic carbocycles. The zero-order chi connectivity index (χ0) is 13.2. The Labute approximate surface area is 112 Å². The molecule has 1 aromatic heterocycles. The molecule has 1 unspecified atom stereocenters. The highest BCUT2D eigenvalue weighted by Gasteiger charge is 2.17. The molecule has 0 saturated carbocycles. The fourth-order valence-electron chi connectivity index (χ4n) is 2.47. The number of anilines is 1. The number of nitrogens with zero attached hydrogens (tertiary/aromatic N) is 2. The molecule has 0 radical (unpaired) electrons. The number of oxazole rings is 1. The summed E-state index contributed by atoms with van der Waals surface area (Å²) >= 11 is 0. The Morgan fingerprint density at radius 1 is 1.47 bits per heavy atom. The molecule has 1 aliphatic heterocycles. The van der Waals surface area contributed by atoms with Crippen molar-refractivity contribution in [3.8, 4) is 0 Å². The first-order valence-corrected chi connectivity index (χ1v) is 6.69. The third kappa shape index (κ3) is 2.88. The summed E-state index contributed by atoms with van der Waals surface area (Å²) in [7, 11) is 0. The minimum Gasteiger partial charge on any atom is -0.439 e. The van der Waals surface area contributed by atoms with Gasteiger partial charge in [0.05, 0.1) is 12.6 Å². The Kier molecular flexibility index (Phi) is 3.40. The Bertz CT molecular complexity index is 567. The molecule has 2 aromatic rings. The summed E-state index contributed by atoms with van der Waals surface area (Å²) in [4.78, 5) is 6.82. The van der Waals surface area contributed by atoms with Gasteiger partial charge in [0.1, 0.15) is 5.52 Å². The largest absolute Gasteiger partial charge is 0.439 e. The van der Waals surface area contributed by atoms with Crippen LogP contribution in [0, 0.1) is 0 Å². The first-order valence-electron chi connectivity index (χ1n) is 6.69. The summed E-state index contributed by atoms with van der Waals surface area (Å²) < 4.78 is 11.4. The maximum absolute atomic E-state index is 5.75. The van der Waals surface area contributed by atoms with E-state index in [0.29, 0.717) is 5.69 Å². The van der Waals surface area contributed by atoms with Gasteiger partial charge in [-0.15, -0.1) is 0 Å². The van der Waals surface area contributed by atoms with Gasteiger partial charge < -0.3 is 14.9 Å². The summed E-state index contributed by atoms with van der Waals surface area (Å²) in [6, 6.07) is 5.56. The summed E-state index contributed by atoms with van der Waals surface area (Å²) in [5.74, 6) is 0.745. The fourth-order valence-corrected chi connectivity index (χ4v) is 2.47. The van der Waals surface area contributed by atoms with Crippen LogP contribution >= 0.6 is 0 Å². The molecule has 0 aliphatic carbocycles. The molecule has 2 N–H and O–H groups in total. The lowest BCUT2D eigenvalue weighted by atomic mass is 10.3. The average molecular weight is 261 g/mol. The Morgan fingerprint density at radius 2 is 2.37 bits per heavy atom. The van der Waals surface area contributed by atoms with Gasteiger partial charge in [-0.2, -0.15) is 0 Å². The van der Waals surface area contributed by atoms with Gasteiger partial charge in [-0.3, -0.25) is 4.90 Å². The number of hydrogen-bond acceptors (Lipinski definition) is 5. The van der Waals surface area contributed by atoms with Gasteiger partial charge in [0.25, 0.3) is 0 Å². The van der Waals surface area contributed by atoms with Gasteiger partial charge in [-0.05, 0) is 25.5 Å². The van der Waals surface area contributed by atoms with Crippen molar-refractivity contribution in [2.24, 2.45) is 0 Å². The van der Waals surface area contributed by atoms with E-state index in [1.54, 1.807) is 0 Å². The van der Waals surface area contributed by atoms with Crippen LogP contribution in [-0.4, -0.2) is 35.7 Å². The Morgan fingerprint density at radius 3 is 3.26 bits per heavy atom. The van der Waals surface area contributed by atoms with Crippen molar-refractivity contribution in [1.29, 1.82) is 0 Å². The Hall–Kier alpha value is -1.59. The molecule has 0 spiro atoms. The molecule has 1 aliphatic rings. The number of benzene rings is 1. The number of rotatable bonds is 2. The zero-order valence-corrected chi connectivity index (χ0v) is 11.1. The maximum Gasteiger partial charge on any atom is 0.209 e. The SMILES string of the molecule is CC1CN(Cc2nc3ccc(N)cc3o2)CCCO1. The van der Waals surface area contributed by atoms with Crippen LogP contribution in [-0.2, 0) is 11.3 Å². The molecule has 1 atom stereocenters. The standard InChI is InChI=1S/C14H19N3O2/c1-10-8-17(5-2-6-18-10)9-14-16-12-4-3-11(15)7-13(12)19-14/h3-4,7,10H,2,5-6,8-9,15H2,1H3. The summed E-state index contributed by atoms with van der Waals surface area (Å²) in [6.45, 7) is 5.60. The molecular formula is C14H19N3O2. The number of nitrogen functional groups attached to an aromatic ring is 1. The van der Waals surface area contributed by atoms with Crippen molar-refractivity contribution in [2.45, 2.75) is 26.0 Å². The fraction of sp³-hybridized carbons (Fsp3) is 0.500. The normalized spacial score (nSPS) is 21.6. The monoisotopic (exact) mass is 261 g/mol. The minimum absolute atomic E-state index is 0.266. The zero-order valence-electron chi connectivity index (χ0n) is 11.1. The quantitative estimate of drug-likeness (QED) is 0.838. The Balaban J connectivity index is 1.76. The molecule has 3 rings (SSSR count). The number of aromatic nitrogens is 1. The maximum atomic E-state index is 5.75. The third-order valence-corrected chi connectivity index (χ3v) is 3.35. The van der Waals surface area contributed by atoms with Crippen LogP contribution in [0.1, 0.15) is 19.2 Å². The molecule has 1 saturated heterocycles. The van der Waals surface area contributed by atoms with E-state index in [0.717, 1.165) is 49.7 Å². The van der Waals surface area contributed by atoms with Crippen LogP contribution in [0.4, 0.5) is 5.69 Å². The number of ether oxygens (including phenoxy) is 1. The number of fused-ring (bicyclic) bond motifs is 1. The topological polar surface area (TPSA) is 64.5 Å². The van der Waals surface area contributed by atoms with Gasteiger partial charge in [-0.25, -0.2) is 4.98 Å². The predicted molar refractivity (Wildman–Crippen MR) is 73.7 cm³/mol. The molecule has 0 amide bonds. The number of hydrogen-bond donors (Lipinski definition) is 1. The van der Waals surface area contributed by atoms with Crippen LogP contribution in [0.5, 0.6) is 0 Å². The lowest BCUT2D eigenvalue weighted by Crippen LogP contribution is -2.29. The van der Waals surface area contributed by atoms with E-state index >= 15 is 0 Å². The third-order valence-electron chi connectivity index (χ3n) is 3.35. The highest BCUT2D eigenvalue weighted by molar-refractivity contribution is 5.76. The van der Waals surface area contributed by atoms with Crippen LogP contribution in [0.3, 0.4) is 0 Å². The molecule has 1 fully saturated rings. The molecule has 0 bridgehead atoms. The average Bonchev–Trinajstić information content (AvgIpc) is 2.63. The summed E-state index contributed by atoms with van der Waals surface area (Å²) in [6.07, 6.45) is 1.32. The van der Waals surface area contributed by atoms with Crippen molar-refractivity contribution < 1.29 is 9.15 Å². The first-order chi connectivity index (χ1) is 9.20. The number of nitrogens with two attached hydrogens (primary N) is 1. The van der Waals surface area contributed by atoms with Gasteiger partial charge in [0.15, 0.2) is 5.58 Å². The van der Waals surface area contributed by atoms with E-state index in [1.165, 1.54) is 0 Å². The van der Waals surface area contributed by atoms with Crippen molar-refractivity contribution in [3.63, 3.8) is 0 Å². The van der Waals surface area contributed by atoms with Gasteiger partial charge in [-0.1, -0.05) is 0 Å². The van der Waals surface area contributed by atoms with Crippen LogP contribution in [0.25, 0.3) is 11.1 Å². The predicted octanol–water partition coefficient (Wildman–Crippen LogP) is 2.02. The van der Waals surface area contributed by atoms with Crippen molar-refractivity contribution >= 4 is 16.8 Å². The smallest absolute Gasteiger partial charge is 0.209 e. The second-order valence-electron chi connectivity index (χ2n) is 5.10.